The summed E-state index contributed by atoms with van der Waals surface area (Å²) in [5.41, 5.74) is 3.43. The maximum atomic E-state index is 11.6. The molecular formula is C16H15NO3S. The van der Waals surface area contributed by atoms with Gasteiger partial charge in [0.05, 0.1) is 11.9 Å². The Morgan fingerprint density at radius 3 is 2.43 bits per heavy atom. The SMILES string of the molecule is Cc1ccc2[nH]c(-c3ccccc3)c(OS(C)(=O)=O)c2c1. The van der Waals surface area contributed by atoms with Gasteiger partial charge in [-0.25, -0.2) is 0 Å². The van der Waals surface area contributed by atoms with Gasteiger partial charge in [0.15, 0.2) is 5.75 Å². The predicted molar refractivity (Wildman–Crippen MR) is 83.9 cm³/mol. The highest BCUT2D eigenvalue weighted by Gasteiger charge is 2.18. The van der Waals surface area contributed by atoms with Crippen LogP contribution in [0.15, 0.2) is 48.5 Å². The lowest BCUT2D eigenvalue weighted by Gasteiger charge is -2.05. The second-order valence-electron chi connectivity index (χ2n) is 5.03. The molecule has 108 valence electrons. The second kappa shape index (κ2) is 4.93. The molecule has 2 aromatic carbocycles. The molecule has 0 saturated carbocycles. The van der Waals surface area contributed by atoms with Crippen molar-refractivity contribution in [2.75, 3.05) is 6.26 Å². The van der Waals surface area contributed by atoms with E-state index in [4.69, 9.17) is 4.18 Å². The monoisotopic (exact) mass is 301 g/mol. The average Bonchev–Trinajstić information content (AvgIpc) is 2.76. The third kappa shape index (κ3) is 2.78. The van der Waals surface area contributed by atoms with Crippen LogP contribution in [-0.4, -0.2) is 19.7 Å². The van der Waals surface area contributed by atoms with Crippen molar-refractivity contribution >= 4 is 21.0 Å². The molecule has 0 aliphatic rings. The van der Waals surface area contributed by atoms with Gasteiger partial charge in [-0.2, -0.15) is 8.42 Å². The molecule has 0 saturated heterocycles. The van der Waals surface area contributed by atoms with Crippen LogP contribution in [0.5, 0.6) is 5.75 Å². The van der Waals surface area contributed by atoms with Crippen molar-refractivity contribution in [2.24, 2.45) is 0 Å². The Labute approximate surface area is 123 Å². The first kappa shape index (κ1) is 13.7. The molecule has 1 heterocycles. The van der Waals surface area contributed by atoms with Gasteiger partial charge in [-0.05, 0) is 19.1 Å². The fourth-order valence-corrected chi connectivity index (χ4v) is 2.80. The summed E-state index contributed by atoms with van der Waals surface area (Å²) < 4.78 is 28.4. The lowest BCUT2D eigenvalue weighted by molar-refractivity contribution is 0.496. The zero-order chi connectivity index (χ0) is 15.0. The first-order valence-corrected chi connectivity index (χ1v) is 8.33. The molecule has 0 aliphatic carbocycles. The van der Waals surface area contributed by atoms with E-state index in [1.165, 1.54) is 0 Å². The van der Waals surface area contributed by atoms with E-state index in [2.05, 4.69) is 4.98 Å². The van der Waals surface area contributed by atoms with Gasteiger partial charge < -0.3 is 9.17 Å². The predicted octanol–water partition coefficient (Wildman–Crippen LogP) is 3.48. The summed E-state index contributed by atoms with van der Waals surface area (Å²) >= 11 is 0. The molecule has 0 radical (unpaired) electrons. The lowest BCUT2D eigenvalue weighted by atomic mass is 10.1. The van der Waals surface area contributed by atoms with E-state index >= 15 is 0 Å². The van der Waals surface area contributed by atoms with Gasteiger partial charge in [-0.15, -0.1) is 0 Å². The fraction of sp³-hybridized carbons (Fsp3) is 0.125. The summed E-state index contributed by atoms with van der Waals surface area (Å²) in [6.45, 7) is 1.96. The molecule has 0 spiro atoms. The third-order valence-electron chi connectivity index (χ3n) is 3.20. The topological polar surface area (TPSA) is 59.2 Å². The minimum absolute atomic E-state index is 0.349. The third-order valence-corrected chi connectivity index (χ3v) is 3.67. The maximum absolute atomic E-state index is 11.6. The van der Waals surface area contributed by atoms with E-state index in [-0.39, 0.29) is 0 Å². The summed E-state index contributed by atoms with van der Waals surface area (Å²) in [6.07, 6.45) is 1.05. The van der Waals surface area contributed by atoms with E-state index in [1.807, 2.05) is 55.5 Å². The summed E-state index contributed by atoms with van der Waals surface area (Å²) in [6, 6.07) is 15.3. The molecule has 0 atom stereocenters. The minimum atomic E-state index is -3.60. The van der Waals surface area contributed by atoms with E-state index in [0.717, 1.165) is 28.3 Å². The van der Waals surface area contributed by atoms with Gasteiger partial charge in [-0.1, -0.05) is 42.0 Å². The Bertz CT molecular complexity index is 896. The highest BCUT2D eigenvalue weighted by molar-refractivity contribution is 7.86. The van der Waals surface area contributed by atoms with E-state index < -0.39 is 10.1 Å². The van der Waals surface area contributed by atoms with Crippen LogP contribution in [0, 0.1) is 6.92 Å². The Balaban J connectivity index is 2.30. The zero-order valence-corrected chi connectivity index (χ0v) is 12.6. The summed E-state index contributed by atoms with van der Waals surface area (Å²) in [7, 11) is -3.60. The fourth-order valence-electron chi connectivity index (χ4n) is 2.33. The average molecular weight is 301 g/mol. The molecule has 3 aromatic rings. The van der Waals surface area contributed by atoms with Gasteiger partial charge in [0.2, 0.25) is 0 Å². The molecule has 4 nitrogen and oxygen atoms in total. The highest BCUT2D eigenvalue weighted by Crippen LogP contribution is 2.38. The molecule has 0 aliphatic heterocycles. The standard InChI is InChI=1S/C16H15NO3S/c1-11-8-9-14-13(10-11)16(20-21(2,18)19)15(17-14)12-6-4-3-5-7-12/h3-10,17H,1-2H3. The number of hydrogen-bond acceptors (Lipinski definition) is 3. The summed E-state index contributed by atoms with van der Waals surface area (Å²) in [4.78, 5) is 3.24. The summed E-state index contributed by atoms with van der Waals surface area (Å²) in [5, 5.41) is 0.763. The van der Waals surface area contributed by atoms with Crippen molar-refractivity contribution in [3.05, 3.63) is 54.1 Å². The Morgan fingerprint density at radius 2 is 1.76 bits per heavy atom. The van der Waals surface area contributed by atoms with Crippen LogP contribution in [0.25, 0.3) is 22.2 Å². The number of aromatic amines is 1. The number of fused-ring (bicyclic) bond motifs is 1. The minimum Gasteiger partial charge on any atom is -0.380 e. The van der Waals surface area contributed by atoms with Crippen molar-refractivity contribution < 1.29 is 12.6 Å². The number of benzene rings is 2. The number of aromatic nitrogens is 1. The van der Waals surface area contributed by atoms with Crippen molar-refractivity contribution in [3.63, 3.8) is 0 Å². The molecule has 1 aromatic heterocycles. The molecule has 0 fully saturated rings. The largest absolute Gasteiger partial charge is 0.380 e. The molecule has 21 heavy (non-hydrogen) atoms. The van der Waals surface area contributed by atoms with Crippen molar-refractivity contribution in [1.29, 1.82) is 0 Å². The van der Waals surface area contributed by atoms with Crippen LogP contribution in [0.3, 0.4) is 0 Å². The van der Waals surface area contributed by atoms with E-state index in [9.17, 15) is 8.42 Å². The van der Waals surface area contributed by atoms with Crippen LogP contribution < -0.4 is 4.18 Å². The van der Waals surface area contributed by atoms with Crippen molar-refractivity contribution in [3.8, 4) is 17.0 Å². The second-order valence-corrected chi connectivity index (χ2v) is 6.61. The molecule has 1 N–H and O–H groups in total. The number of aryl methyl sites for hydroxylation is 1. The molecule has 3 rings (SSSR count). The zero-order valence-electron chi connectivity index (χ0n) is 11.8. The molecular weight excluding hydrogens is 286 g/mol. The first-order chi connectivity index (χ1) is 9.94. The molecule has 0 amide bonds. The van der Waals surface area contributed by atoms with Gasteiger partial charge in [0.1, 0.15) is 0 Å². The molecule has 0 bridgehead atoms. The Hall–Kier alpha value is -2.27. The van der Waals surface area contributed by atoms with Gasteiger partial charge in [-0.3, -0.25) is 0 Å². The number of rotatable bonds is 3. The smallest absolute Gasteiger partial charge is 0.306 e. The van der Waals surface area contributed by atoms with Gasteiger partial charge >= 0.3 is 10.1 Å². The molecule has 0 unspecified atom stereocenters. The van der Waals surface area contributed by atoms with Crippen LogP contribution in [0.2, 0.25) is 0 Å². The van der Waals surface area contributed by atoms with Crippen LogP contribution in [0.1, 0.15) is 5.56 Å². The maximum Gasteiger partial charge on any atom is 0.306 e. The normalized spacial score (nSPS) is 11.7. The summed E-state index contributed by atoms with van der Waals surface area (Å²) in [5.74, 6) is 0.349. The van der Waals surface area contributed by atoms with Crippen molar-refractivity contribution in [1.82, 2.24) is 4.98 Å². The lowest BCUT2D eigenvalue weighted by Crippen LogP contribution is -2.06. The first-order valence-electron chi connectivity index (χ1n) is 6.51. The van der Waals surface area contributed by atoms with E-state index in [1.54, 1.807) is 0 Å². The van der Waals surface area contributed by atoms with Crippen LogP contribution >= 0.6 is 0 Å². The molecule has 5 heteroatoms. The van der Waals surface area contributed by atoms with Gasteiger partial charge in [0.25, 0.3) is 0 Å². The number of hydrogen-bond donors (Lipinski definition) is 1. The van der Waals surface area contributed by atoms with Crippen molar-refractivity contribution in [2.45, 2.75) is 6.92 Å². The number of H-pyrrole nitrogens is 1. The quantitative estimate of drug-likeness (QED) is 0.753. The van der Waals surface area contributed by atoms with Crippen LogP contribution in [0.4, 0.5) is 0 Å². The Kier molecular flexibility index (Phi) is 3.22. The van der Waals surface area contributed by atoms with E-state index in [0.29, 0.717) is 11.4 Å². The van der Waals surface area contributed by atoms with Gasteiger partial charge in [0, 0.05) is 16.5 Å². The Morgan fingerprint density at radius 1 is 1.05 bits per heavy atom. The number of nitrogens with one attached hydrogen (secondary N) is 1. The van der Waals surface area contributed by atoms with Crippen LogP contribution in [-0.2, 0) is 10.1 Å². The highest BCUT2D eigenvalue weighted by atomic mass is 32.2.